The Bertz CT molecular complexity index is 650. The summed E-state index contributed by atoms with van der Waals surface area (Å²) in [6, 6.07) is 10.8. The number of methoxy groups -OCH3 is 2. The van der Waals surface area contributed by atoms with E-state index in [1.165, 1.54) is 0 Å². The minimum Gasteiger partial charge on any atom is -0.493 e. The number of hydrogen-bond acceptors (Lipinski definition) is 3. The summed E-state index contributed by atoms with van der Waals surface area (Å²) >= 11 is 3.47. The summed E-state index contributed by atoms with van der Waals surface area (Å²) < 4.78 is 11.2. The van der Waals surface area contributed by atoms with Gasteiger partial charge >= 0.3 is 0 Å². The quantitative estimate of drug-likeness (QED) is 0.792. The predicted octanol–water partition coefficient (Wildman–Crippen LogP) is 4.01. The molecule has 0 N–H and O–H groups in total. The first-order valence-corrected chi connectivity index (χ1v) is 6.89. The van der Waals surface area contributed by atoms with E-state index in [-0.39, 0.29) is 5.78 Å². The number of rotatable bonds is 4. The fourth-order valence-electron chi connectivity index (χ4n) is 1.96. The van der Waals surface area contributed by atoms with E-state index >= 15 is 0 Å². The molecule has 0 saturated heterocycles. The molecule has 0 aliphatic rings. The number of carbonyl (C=O) groups excluding carboxylic acids is 1. The normalized spacial score (nSPS) is 10.2. The van der Waals surface area contributed by atoms with Crippen molar-refractivity contribution in [1.82, 2.24) is 0 Å². The number of ketones is 1. The Hall–Kier alpha value is -1.81. The number of ether oxygens (including phenoxy) is 2. The van der Waals surface area contributed by atoms with Gasteiger partial charge in [-0.2, -0.15) is 0 Å². The minimum absolute atomic E-state index is 0.0541. The van der Waals surface area contributed by atoms with Crippen molar-refractivity contribution in [1.29, 1.82) is 0 Å². The fourth-order valence-corrected chi connectivity index (χ4v) is 2.40. The van der Waals surface area contributed by atoms with Gasteiger partial charge in [-0.05, 0) is 52.7 Å². The van der Waals surface area contributed by atoms with E-state index in [0.717, 1.165) is 10.0 Å². The van der Waals surface area contributed by atoms with Crippen molar-refractivity contribution in [3.05, 3.63) is 57.6 Å². The van der Waals surface area contributed by atoms with Crippen LogP contribution < -0.4 is 9.47 Å². The molecule has 0 bridgehead atoms. The van der Waals surface area contributed by atoms with Gasteiger partial charge in [0.25, 0.3) is 0 Å². The Kier molecular flexibility index (Phi) is 4.45. The van der Waals surface area contributed by atoms with Gasteiger partial charge in [0.2, 0.25) is 0 Å². The van der Waals surface area contributed by atoms with Gasteiger partial charge in [0.05, 0.1) is 14.2 Å². The molecule has 0 aliphatic carbocycles. The predicted molar refractivity (Wildman–Crippen MR) is 81.9 cm³/mol. The molecule has 0 heterocycles. The van der Waals surface area contributed by atoms with Gasteiger partial charge in [0.15, 0.2) is 17.3 Å². The molecule has 0 aromatic heterocycles. The Morgan fingerprint density at radius 3 is 2.40 bits per heavy atom. The van der Waals surface area contributed by atoms with E-state index in [4.69, 9.17) is 9.47 Å². The lowest BCUT2D eigenvalue weighted by molar-refractivity contribution is 0.103. The summed E-state index contributed by atoms with van der Waals surface area (Å²) in [6.07, 6.45) is 0. The summed E-state index contributed by atoms with van der Waals surface area (Å²) in [4.78, 5) is 12.6. The van der Waals surface area contributed by atoms with Crippen LogP contribution >= 0.6 is 15.9 Å². The number of benzene rings is 2. The maximum Gasteiger partial charge on any atom is 0.194 e. The lowest BCUT2D eigenvalue weighted by Crippen LogP contribution is -2.04. The molecule has 2 aromatic rings. The van der Waals surface area contributed by atoms with Crippen LogP contribution in [0.5, 0.6) is 11.5 Å². The Labute approximate surface area is 126 Å². The third-order valence-electron chi connectivity index (χ3n) is 3.08. The zero-order chi connectivity index (χ0) is 14.7. The molecular formula is C16H15BrO3. The van der Waals surface area contributed by atoms with Crippen LogP contribution in [0.3, 0.4) is 0 Å². The van der Waals surface area contributed by atoms with Crippen LogP contribution in [0.25, 0.3) is 0 Å². The van der Waals surface area contributed by atoms with Gasteiger partial charge in [-0.3, -0.25) is 4.79 Å². The molecule has 0 radical (unpaired) electrons. The monoisotopic (exact) mass is 334 g/mol. The van der Waals surface area contributed by atoms with Crippen molar-refractivity contribution in [2.75, 3.05) is 14.2 Å². The van der Waals surface area contributed by atoms with Crippen molar-refractivity contribution in [3.63, 3.8) is 0 Å². The Morgan fingerprint density at radius 2 is 1.75 bits per heavy atom. The van der Waals surface area contributed by atoms with Crippen molar-refractivity contribution >= 4 is 21.7 Å². The van der Waals surface area contributed by atoms with Crippen LogP contribution in [0.15, 0.2) is 40.9 Å². The maximum atomic E-state index is 12.6. The van der Waals surface area contributed by atoms with Crippen LogP contribution in [0, 0.1) is 6.92 Å². The Balaban J connectivity index is 2.46. The van der Waals surface area contributed by atoms with Crippen molar-refractivity contribution in [2.24, 2.45) is 0 Å². The molecule has 2 aromatic carbocycles. The topological polar surface area (TPSA) is 35.5 Å². The van der Waals surface area contributed by atoms with Gasteiger partial charge in [0.1, 0.15) is 0 Å². The largest absolute Gasteiger partial charge is 0.493 e. The second-order valence-electron chi connectivity index (χ2n) is 4.34. The first-order chi connectivity index (χ1) is 9.58. The highest BCUT2D eigenvalue weighted by Gasteiger charge is 2.15. The molecule has 2 rings (SSSR count). The second kappa shape index (κ2) is 6.09. The number of aryl methyl sites for hydroxylation is 1. The average molecular weight is 335 g/mol. The SMILES string of the molecule is COc1ccc(C(=O)c2cccc(C)c2Br)cc1OC. The molecule has 0 amide bonds. The summed E-state index contributed by atoms with van der Waals surface area (Å²) in [5.41, 5.74) is 2.22. The lowest BCUT2D eigenvalue weighted by Gasteiger charge is -2.10. The fraction of sp³-hybridized carbons (Fsp3) is 0.188. The van der Waals surface area contributed by atoms with Crippen molar-refractivity contribution in [2.45, 2.75) is 6.92 Å². The van der Waals surface area contributed by atoms with Crippen molar-refractivity contribution in [3.8, 4) is 11.5 Å². The first kappa shape index (κ1) is 14.6. The zero-order valence-corrected chi connectivity index (χ0v) is 13.2. The standard InChI is InChI=1S/C16H15BrO3/c1-10-5-4-6-12(15(10)17)16(18)11-7-8-13(19-2)14(9-11)20-3/h4-9H,1-3H3. The highest BCUT2D eigenvalue weighted by atomic mass is 79.9. The van der Waals surface area contributed by atoms with E-state index < -0.39 is 0 Å². The van der Waals surface area contributed by atoms with Crippen LogP contribution in [0.4, 0.5) is 0 Å². The lowest BCUT2D eigenvalue weighted by atomic mass is 10.0. The molecule has 0 spiro atoms. The summed E-state index contributed by atoms with van der Waals surface area (Å²) in [7, 11) is 3.12. The third-order valence-corrected chi connectivity index (χ3v) is 4.13. The summed E-state index contributed by atoms with van der Waals surface area (Å²) in [5, 5.41) is 0. The molecule has 0 unspecified atom stereocenters. The molecule has 3 nitrogen and oxygen atoms in total. The maximum absolute atomic E-state index is 12.6. The highest BCUT2D eigenvalue weighted by Crippen LogP contribution is 2.30. The van der Waals surface area contributed by atoms with Crippen LogP contribution in [0.1, 0.15) is 21.5 Å². The number of halogens is 1. The molecule has 0 fully saturated rings. The molecule has 0 aliphatic heterocycles. The van der Waals surface area contributed by atoms with Gasteiger partial charge in [-0.1, -0.05) is 12.1 Å². The molecule has 0 saturated carbocycles. The number of carbonyl (C=O) groups is 1. The minimum atomic E-state index is -0.0541. The zero-order valence-electron chi connectivity index (χ0n) is 11.6. The molecule has 104 valence electrons. The van der Waals surface area contributed by atoms with Crippen molar-refractivity contribution < 1.29 is 14.3 Å². The van der Waals surface area contributed by atoms with Crippen LogP contribution in [-0.2, 0) is 0 Å². The van der Waals surface area contributed by atoms with Gasteiger partial charge in [-0.25, -0.2) is 0 Å². The Morgan fingerprint density at radius 1 is 1.05 bits per heavy atom. The van der Waals surface area contributed by atoms with E-state index in [2.05, 4.69) is 15.9 Å². The summed E-state index contributed by atoms with van der Waals surface area (Å²) in [6.45, 7) is 1.95. The third kappa shape index (κ3) is 2.70. The molecule has 4 heteroatoms. The smallest absolute Gasteiger partial charge is 0.194 e. The van der Waals surface area contributed by atoms with Crippen LogP contribution in [-0.4, -0.2) is 20.0 Å². The van der Waals surface area contributed by atoms with Crippen LogP contribution in [0.2, 0.25) is 0 Å². The molecule has 20 heavy (non-hydrogen) atoms. The molecule has 0 atom stereocenters. The highest BCUT2D eigenvalue weighted by molar-refractivity contribution is 9.10. The van der Waals surface area contributed by atoms with E-state index in [9.17, 15) is 4.79 Å². The summed E-state index contributed by atoms with van der Waals surface area (Å²) in [5.74, 6) is 1.09. The van der Waals surface area contributed by atoms with Gasteiger partial charge < -0.3 is 9.47 Å². The van der Waals surface area contributed by atoms with E-state index in [1.807, 2.05) is 19.1 Å². The second-order valence-corrected chi connectivity index (χ2v) is 5.13. The first-order valence-electron chi connectivity index (χ1n) is 6.10. The van der Waals surface area contributed by atoms with Gasteiger partial charge in [0, 0.05) is 15.6 Å². The number of hydrogen-bond donors (Lipinski definition) is 0. The average Bonchev–Trinajstić information content (AvgIpc) is 2.48. The van der Waals surface area contributed by atoms with E-state index in [0.29, 0.717) is 22.6 Å². The van der Waals surface area contributed by atoms with Gasteiger partial charge in [-0.15, -0.1) is 0 Å². The van der Waals surface area contributed by atoms with E-state index in [1.54, 1.807) is 38.5 Å². The molecular weight excluding hydrogens is 320 g/mol.